The molecular formula is C32H26N2O4. The van der Waals surface area contributed by atoms with Crippen LogP contribution < -0.4 is 5.32 Å². The van der Waals surface area contributed by atoms with Crippen LogP contribution >= 0.6 is 0 Å². The lowest BCUT2D eigenvalue weighted by Crippen LogP contribution is -2.42. The number of carbonyl (C=O) groups excluding carboxylic acids is 1. The number of hydrogen-bond acceptors (Lipinski definition) is 3. The molecule has 1 aliphatic carbocycles. The first-order valence-corrected chi connectivity index (χ1v) is 12.6. The van der Waals surface area contributed by atoms with Gasteiger partial charge in [0.05, 0.1) is 5.52 Å². The SMILES string of the molecule is O=C(N[C@@H](Cc1c[nH]c2c(-c3ccccc3)cccc12)C(=O)O)OCC1c2ccccc2-c2ccccc21. The van der Waals surface area contributed by atoms with E-state index in [4.69, 9.17) is 4.74 Å². The zero-order chi connectivity index (χ0) is 26.1. The van der Waals surface area contributed by atoms with Crippen LogP contribution in [0, 0.1) is 0 Å². The molecule has 1 aliphatic rings. The van der Waals surface area contributed by atoms with E-state index in [-0.39, 0.29) is 18.9 Å². The molecule has 0 bridgehead atoms. The topological polar surface area (TPSA) is 91.4 Å². The number of nitrogens with one attached hydrogen (secondary N) is 2. The molecular weight excluding hydrogens is 476 g/mol. The van der Waals surface area contributed by atoms with Gasteiger partial charge < -0.3 is 20.1 Å². The van der Waals surface area contributed by atoms with Crippen LogP contribution in [0.25, 0.3) is 33.2 Å². The fourth-order valence-corrected chi connectivity index (χ4v) is 5.44. The number of rotatable bonds is 7. The Morgan fingerprint density at radius 1 is 0.816 bits per heavy atom. The van der Waals surface area contributed by atoms with Crippen molar-refractivity contribution in [3.63, 3.8) is 0 Å². The van der Waals surface area contributed by atoms with E-state index in [0.717, 1.165) is 49.8 Å². The zero-order valence-electron chi connectivity index (χ0n) is 20.6. The summed E-state index contributed by atoms with van der Waals surface area (Å²) in [6.07, 6.45) is 1.19. The molecule has 0 saturated heterocycles. The van der Waals surface area contributed by atoms with Gasteiger partial charge in [0.1, 0.15) is 12.6 Å². The molecule has 1 atom stereocenters. The van der Waals surface area contributed by atoms with Crippen molar-refractivity contribution in [2.24, 2.45) is 0 Å². The van der Waals surface area contributed by atoms with E-state index < -0.39 is 18.1 Å². The third kappa shape index (κ3) is 4.30. The Morgan fingerprint density at radius 3 is 2.13 bits per heavy atom. The van der Waals surface area contributed by atoms with E-state index in [9.17, 15) is 14.7 Å². The summed E-state index contributed by atoms with van der Waals surface area (Å²) in [4.78, 5) is 28.2. The van der Waals surface area contributed by atoms with Crippen LogP contribution in [0.1, 0.15) is 22.6 Å². The maximum absolute atomic E-state index is 12.8. The summed E-state index contributed by atoms with van der Waals surface area (Å²) in [7, 11) is 0. The number of amides is 1. The van der Waals surface area contributed by atoms with E-state index >= 15 is 0 Å². The van der Waals surface area contributed by atoms with Crippen molar-refractivity contribution >= 4 is 23.0 Å². The highest BCUT2D eigenvalue weighted by Gasteiger charge is 2.30. The smallest absolute Gasteiger partial charge is 0.407 e. The first kappa shape index (κ1) is 23.6. The lowest BCUT2D eigenvalue weighted by Gasteiger charge is -2.17. The van der Waals surface area contributed by atoms with Crippen LogP contribution in [0.4, 0.5) is 4.79 Å². The number of carboxylic acids is 1. The maximum atomic E-state index is 12.8. The molecule has 3 N–H and O–H groups in total. The Balaban J connectivity index is 1.17. The van der Waals surface area contributed by atoms with Gasteiger partial charge in [0.25, 0.3) is 0 Å². The van der Waals surface area contributed by atoms with E-state index in [0.29, 0.717) is 0 Å². The lowest BCUT2D eigenvalue weighted by molar-refractivity contribution is -0.139. The Hall–Kier alpha value is -4.84. The number of fused-ring (bicyclic) bond motifs is 4. The number of benzene rings is 4. The molecule has 0 fully saturated rings. The molecule has 0 radical (unpaired) electrons. The second-order valence-electron chi connectivity index (χ2n) is 9.47. The van der Waals surface area contributed by atoms with Gasteiger partial charge in [-0.3, -0.25) is 0 Å². The molecule has 0 saturated carbocycles. The fraction of sp³-hybridized carbons (Fsp3) is 0.125. The minimum Gasteiger partial charge on any atom is -0.480 e. The number of hydrogen-bond donors (Lipinski definition) is 3. The van der Waals surface area contributed by atoms with E-state index in [1.165, 1.54) is 0 Å². The van der Waals surface area contributed by atoms with E-state index in [2.05, 4.69) is 22.4 Å². The monoisotopic (exact) mass is 502 g/mol. The zero-order valence-corrected chi connectivity index (χ0v) is 20.6. The van der Waals surface area contributed by atoms with Crippen LogP contribution in [-0.2, 0) is 16.0 Å². The average Bonchev–Trinajstić information content (AvgIpc) is 3.51. The number of aromatic amines is 1. The summed E-state index contributed by atoms with van der Waals surface area (Å²) < 4.78 is 5.58. The number of alkyl carbamates (subject to hydrolysis) is 1. The average molecular weight is 503 g/mol. The van der Waals surface area contributed by atoms with Gasteiger partial charge >= 0.3 is 12.1 Å². The number of H-pyrrole nitrogens is 1. The number of carbonyl (C=O) groups is 2. The molecule has 188 valence electrons. The number of para-hydroxylation sites is 1. The molecule has 1 aromatic heterocycles. The summed E-state index contributed by atoms with van der Waals surface area (Å²) >= 11 is 0. The third-order valence-corrected chi connectivity index (χ3v) is 7.24. The summed E-state index contributed by atoms with van der Waals surface area (Å²) in [6.45, 7) is 0.125. The largest absolute Gasteiger partial charge is 0.480 e. The predicted molar refractivity (Wildman–Crippen MR) is 147 cm³/mol. The number of aromatic nitrogens is 1. The molecule has 6 rings (SSSR count). The second kappa shape index (κ2) is 9.90. The molecule has 6 nitrogen and oxygen atoms in total. The number of ether oxygens (including phenoxy) is 1. The normalized spacial score (nSPS) is 13.1. The minimum absolute atomic E-state index is 0.0959. The van der Waals surface area contributed by atoms with Crippen LogP contribution in [0.2, 0.25) is 0 Å². The third-order valence-electron chi connectivity index (χ3n) is 7.24. The maximum Gasteiger partial charge on any atom is 0.407 e. The summed E-state index contributed by atoms with van der Waals surface area (Å²) in [5, 5.41) is 13.4. The Kier molecular flexibility index (Phi) is 6.14. The lowest BCUT2D eigenvalue weighted by atomic mass is 9.98. The van der Waals surface area contributed by atoms with Crippen LogP contribution in [-0.4, -0.2) is 34.8 Å². The second-order valence-corrected chi connectivity index (χ2v) is 9.47. The Labute approximate surface area is 219 Å². The molecule has 1 amide bonds. The van der Waals surface area contributed by atoms with Gasteiger partial charge in [0.2, 0.25) is 0 Å². The predicted octanol–water partition coefficient (Wildman–Crippen LogP) is 6.37. The van der Waals surface area contributed by atoms with E-state index in [1.54, 1.807) is 0 Å². The highest BCUT2D eigenvalue weighted by molar-refractivity contribution is 5.96. The molecule has 0 spiro atoms. The van der Waals surface area contributed by atoms with Gasteiger partial charge in [-0.05, 0) is 33.4 Å². The van der Waals surface area contributed by atoms with Gasteiger partial charge in [-0.25, -0.2) is 9.59 Å². The number of aliphatic carboxylic acids is 1. The summed E-state index contributed by atoms with van der Waals surface area (Å²) in [6, 6.07) is 31.0. The molecule has 4 aromatic carbocycles. The fourth-order valence-electron chi connectivity index (χ4n) is 5.44. The van der Waals surface area contributed by atoms with Crippen molar-refractivity contribution in [3.8, 4) is 22.3 Å². The first-order valence-electron chi connectivity index (χ1n) is 12.6. The minimum atomic E-state index is -1.13. The first-order chi connectivity index (χ1) is 18.6. The van der Waals surface area contributed by atoms with Crippen molar-refractivity contribution in [2.45, 2.75) is 18.4 Å². The van der Waals surface area contributed by atoms with Crippen molar-refractivity contribution in [2.75, 3.05) is 6.61 Å². The van der Waals surface area contributed by atoms with Crippen molar-refractivity contribution in [1.82, 2.24) is 10.3 Å². The molecule has 1 heterocycles. The van der Waals surface area contributed by atoms with Gasteiger partial charge in [-0.1, -0.05) is 97.1 Å². The Bertz CT molecular complexity index is 1590. The highest BCUT2D eigenvalue weighted by atomic mass is 16.5. The Morgan fingerprint density at radius 2 is 1.45 bits per heavy atom. The van der Waals surface area contributed by atoms with Gasteiger partial charge in [-0.15, -0.1) is 0 Å². The van der Waals surface area contributed by atoms with Gasteiger partial charge in [0, 0.05) is 29.5 Å². The molecule has 38 heavy (non-hydrogen) atoms. The molecule has 0 aliphatic heterocycles. The molecule has 6 heteroatoms. The quantitative estimate of drug-likeness (QED) is 0.241. The van der Waals surface area contributed by atoms with Crippen LogP contribution in [0.3, 0.4) is 0 Å². The number of carboxylic acid groups (broad SMARTS) is 1. The highest BCUT2D eigenvalue weighted by Crippen LogP contribution is 2.44. The summed E-state index contributed by atoms with van der Waals surface area (Å²) in [5.74, 6) is -1.21. The van der Waals surface area contributed by atoms with Crippen molar-refractivity contribution < 1.29 is 19.4 Å². The van der Waals surface area contributed by atoms with Crippen molar-refractivity contribution in [3.05, 3.63) is 120 Å². The van der Waals surface area contributed by atoms with Gasteiger partial charge in [0.15, 0.2) is 0 Å². The summed E-state index contributed by atoms with van der Waals surface area (Å²) in [5.41, 5.74) is 8.31. The van der Waals surface area contributed by atoms with Gasteiger partial charge in [-0.2, -0.15) is 0 Å². The van der Waals surface area contributed by atoms with Crippen molar-refractivity contribution in [1.29, 1.82) is 0 Å². The standard InChI is InChI=1S/C32H26N2O4/c35-31(36)29(17-21-18-33-30-22(15-8-16-23(21)30)20-9-2-1-3-10-20)34-32(37)38-19-28-26-13-6-4-11-24(26)25-12-5-7-14-27(25)28/h1-16,18,28-29,33H,17,19H2,(H,34,37)(H,35,36)/t29-/m0/s1. The molecule has 0 unspecified atom stereocenters. The van der Waals surface area contributed by atoms with E-state index in [1.807, 2.05) is 91.1 Å². The van der Waals surface area contributed by atoms with Crippen LogP contribution in [0.5, 0.6) is 0 Å². The molecule has 5 aromatic rings. The van der Waals surface area contributed by atoms with Crippen LogP contribution in [0.15, 0.2) is 103 Å².